The maximum absolute atomic E-state index is 5.97. The number of benzene rings is 1. The molecule has 1 aromatic carbocycles. The monoisotopic (exact) mass is 221 g/mol. The fourth-order valence-electron chi connectivity index (χ4n) is 2.28. The van der Waals surface area contributed by atoms with Crippen LogP contribution in [0.25, 0.3) is 0 Å². The van der Waals surface area contributed by atoms with Gasteiger partial charge in [0.2, 0.25) is 0 Å². The summed E-state index contributed by atoms with van der Waals surface area (Å²) in [7, 11) is 0. The van der Waals surface area contributed by atoms with E-state index in [0.29, 0.717) is 4.75 Å². The second-order valence-corrected chi connectivity index (χ2v) is 5.90. The molecule has 0 amide bonds. The summed E-state index contributed by atoms with van der Waals surface area (Å²) in [5.74, 6) is 0. The SMILES string of the molecule is NCC1(Sc2ccccc2)CCCCC1. The van der Waals surface area contributed by atoms with E-state index < -0.39 is 0 Å². The normalized spacial score (nSPS) is 20.1. The Morgan fingerprint density at radius 1 is 1.07 bits per heavy atom. The molecule has 1 aliphatic carbocycles. The first-order valence-electron chi connectivity index (χ1n) is 5.79. The Bertz CT molecular complexity index is 291. The quantitative estimate of drug-likeness (QED) is 0.846. The molecule has 0 unspecified atom stereocenters. The van der Waals surface area contributed by atoms with Crippen molar-refractivity contribution in [1.29, 1.82) is 0 Å². The van der Waals surface area contributed by atoms with Crippen molar-refractivity contribution < 1.29 is 0 Å². The summed E-state index contributed by atoms with van der Waals surface area (Å²) in [6.45, 7) is 0.812. The van der Waals surface area contributed by atoms with Crippen LogP contribution >= 0.6 is 11.8 Å². The van der Waals surface area contributed by atoms with Gasteiger partial charge in [0, 0.05) is 16.2 Å². The molecule has 0 aromatic heterocycles. The Morgan fingerprint density at radius 3 is 2.33 bits per heavy atom. The van der Waals surface area contributed by atoms with Gasteiger partial charge in [0.25, 0.3) is 0 Å². The topological polar surface area (TPSA) is 26.0 Å². The molecule has 0 atom stereocenters. The van der Waals surface area contributed by atoms with E-state index in [0.717, 1.165) is 6.54 Å². The zero-order valence-electron chi connectivity index (χ0n) is 9.11. The van der Waals surface area contributed by atoms with E-state index in [4.69, 9.17) is 5.73 Å². The molecule has 0 heterocycles. The van der Waals surface area contributed by atoms with Gasteiger partial charge in [-0.25, -0.2) is 0 Å². The van der Waals surface area contributed by atoms with Gasteiger partial charge in [0.05, 0.1) is 0 Å². The highest BCUT2D eigenvalue weighted by Crippen LogP contribution is 2.42. The molecule has 15 heavy (non-hydrogen) atoms. The van der Waals surface area contributed by atoms with Gasteiger partial charge in [-0.15, -0.1) is 11.8 Å². The lowest BCUT2D eigenvalue weighted by atomic mass is 9.88. The van der Waals surface area contributed by atoms with Crippen LogP contribution < -0.4 is 5.73 Å². The number of hydrogen-bond acceptors (Lipinski definition) is 2. The van der Waals surface area contributed by atoms with Gasteiger partial charge in [-0.1, -0.05) is 37.5 Å². The Hall–Kier alpha value is -0.470. The Kier molecular flexibility index (Phi) is 3.71. The first kappa shape index (κ1) is 11.0. The van der Waals surface area contributed by atoms with E-state index in [2.05, 4.69) is 30.3 Å². The average Bonchev–Trinajstić information content (AvgIpc) is 2.32. The summed E-state index contributed by atoms with van der Waals surface area (Å²) in [5.41, 5.74) is 5.97. The Labute approximate surface area is 96.4 Å². The van der Waals surface area contributed by atoms with Crippen LogP contribution in [0.5, 0.6) is 0 Å². The third-order valence-corrected chi connectivity index (χ3v) is 4.73. The van der Waals surface area contributed by atoms with Gasteiger partial charge in [-0.2, -0.15) is 0 Å². The summed E-state index contributed by atoms with van der Waals surface area (Å²) in [5, 5.41) is 0. The molecule has 1 aromatic rings. The molecule has 1 fully saturated rings. The minimum atomic E-state index is 0.319. The van der Waals surface area contributed by atoms with Gasteiger partial charge >= 0.3 is 0 Å². The lowest BCUT2D eigenvalue weighted by Gasteiger charge is -2.35. The molecule has 82 valence electrons. The van der Waals surface area contributed by atoms with Crippen LogP contribution in [0.3, 0.4) is 0 Å². The molecule has 1 aliphatic rings. The lowest BCUT2D eigenvalue weighted by Crippen LogP contribution is -2.36. The van der Waals surface area contributed by atoms with Crippen molar-refractivity contribution in [3.05, 3.63) is 30.3 Å². The largest absolute Gasteiger partial charge is 0.329 e. The van der Waals surface area contributed by atoms with Crippen molar-refractivity contribution in [3.63, 3.8) is 0 Å². The van der Waals surface area contributed by atoms with E-state index in [1.807, 2.05) is 11.8 Å². The second-order valence-electron chi connectivity index (χ2n) is 4.36. The van der Waals surface area contributed by atoms with Crippen LogP contribution in [0.2, 0.25) is 0 Å². The summed E-state index contributed by atoms with van der Waals surface area (Å²) < 4.78 is 0.319. The van der Waals surface area contributed by atoms with Crippen LogP contribution in [-0.4, -0.2) is 11.3 Å². The summed E-state index contributed by atoms with van der Waals surface area (Å²) in [6.07, 6.45) is 6.64. The van der Waals surface area contributed by atoms with Gasteiger partial charge in [0.1, 0.15) is 0 Å². The molecule has 0 bridgehead atoms. The third kappa shape index (κ3) is 2.76. The minimum absolute atomic E-state index is 0.319. The van der Waals surface area contributed by atoms with E-state index >= 15 is 0 Å². The molecule has 0 saturated heterocycles. The maximum atomic E-state index is 5.97. The fraction of sp³-hybridized carbons (Fsp3) is 0.538. The van der Waals surface area contributed by atoms with Crippen molar-refractivity contribution in [2.75, 3.05) is 6.54 Å². The van der Waals surface area contributed by atoms with Gasteiger partial charge in [0.15, 0.2) is 0 Å². The first-order valence-corrected chi connectivity index (χ1v) is 6.60. The van der Waals surface area contributed by atoms with Gasteiger partial charge in [-0.05, 0) is 25.0 Å². The summed E-state index contributed by atoms with van der Waals surface area (Å²) in [6, 6.07) is 10.7. The molecule has 0 spiro atoms. The minimum Gasteiger partial charge on any atom is -0.329 e. The highest BCUT2D eigenvalue weighted by molar-refractivity contribution is 8.00. The number of rotatable bonds is 3. The molecule has 0 radical (unpaired) electrons. The lowest BCUT2D eigenvalue weighted by molar-refractivity contribution is 0.404. The maximum Gasteiger partial charge on any atom is 0.0329 e. The zero-order chi connectivity index (χ0) is 10.6. The van der Waals surface area contributed by atoms with Crippen LogP contribution in [-0.2, 0) is 0 Å². The van der Waals surface area contributed by atoms with Crippen molar-refractivity contribution in [2.45, 2.75) is 41.7 Å². The number of nitrogens with two attached hydrogens (primary N) is 1. The fourth-order valence-corrected chi connectivity index (χ4v) is 3.65. The molecule has 1 saturated carbocycles. The van der Waals surface area contributed by atoms with E-state index in [-0.39, 0.29) is 0 Å². The van der Waals surface area contributed by atoms with Crippen molar-refractivity contribution in [2.24, 2.45) is 5.73 Å². The third-order valence-electron chi connectivity index (χ3n) is 3.21. The van der Waals surface area contributed by atoms with Crippen molar-refractivity contribution in [1.82, 2.24) is 0 Å². The van der Waals surface area contributed by atoms with Crippen molar-refractivity contribution in [3.8, 4) is 0 Å². The van der Waals surface area contributed by atoms with Crippen LogP contribution in [0.4, 0.5) is 0 Å². The highest BCUT2D eigenvalue weighted by atomic mass is 32.2. The van der Waals surface area contributed by atoms with E-state index in [1.165, 1.54) is 37.0 Å². The van der Waals surface area contributed by atoms with Gasteiger partial charge in [-0.3, -0.25) is 0 Å². The molecule has 2 N–H and O–H groups in total. The van der Waals surface area contributed by atoms with Crippen LogP contribution in [0, 0.1) is 0 Å². The zero-order valence-corrected chi connectivity index (χ0v) is 9.93. The molecule has 2 heteroatoms. The first-order chi connectivity index (χ1) is 7.35. The molecular weight excluding hydrogens is 202 g/mol. The molecule has 0 aliphatic heterocycles. The van der Waals surface area contributed by atoms with Crippen LogP contribution in [0.1, 0.15) is 32.1 Å². The standard InChI is InChI=1S/C13H19NS/c14-11-13(9-5-2-6-10-13)15-12-7-3-1-4-8-12/h1,3-4,7-8H,2,5-6,9-11,14H2. The molecule has 1 nitrogen and oxygen atoms in total. The van der Waals surface area contributed by atoms with Crippen molar-refractivity contribution >= 4 is 11.8 Å². The Balaban J connectivity index is 2.07. The number of thioether (sulfide) groups is 1. The molecule has 2 rings (SSSR count). The second kappa shape index (κ2) is 5.04. The molecular formula is C13H19NS. The van der Waals surface area contributed by atoms with Gasteiger partial charge < -0.3 is 5.73 Å². The summed E-state index contributed by atoms with van der Waals surface area (Å²) >= 11 is 1.99. The number of hydrogen-bond donors (Lipinski definition) is 1. The predicted octanol–water partition coefficient (Wildman–Crippen LogP) is 3.44. The predicted molar refractivity (Wildman–Crippen MR) is 67.2 cm³/mol. The smallest absolute Gasteiger partial charge is 0.0329 e. The average molecular weight is 221 g/mol. The summed E-state index contributed by atoms with van der Waals surface area (Å²) in [4.78, 5) is 1.37. The van der Waals surface area contributed by atoms with E-state index in [9.17, 15) is 0 Å². The van der Waals surface area contributed by atoms with E-state index in [1.54, 1.807) is 0 Å². The Morgan fingerprint density at radius 2 is 1.73 bits per heavy atom. The van der Waals surface area contributed by atoms with Crippen LogP contribution in [0.15, 0.2) is 35.2 Å². The highest BCUT2D eigenvalue weighted by Gasteiger charge is 2.31.